The van der Waals surface area contributed by atoms with E-state index < -0.39 is 11.8 Å². The first-order valence-electron chi connectivity index (χ1n) is 12.1. The molecular formula is C27H31ClF2N2O3. The van der Waals surface area contributed by atoms with E-state index in [9.17, 15) is 13.6 Å². The van der Waals surface area contributed by atoms with Crippen molar-refractivity contribution in [2.75, 3.05) is 20.3 Å². The van der Waals surface area contributed by atoms with E-state index >= 15 is 0 Å². The van der Waals surface area contributed by atoms with Gasteiger partial charge in [0.1, 0.15) is 12.4 Å². The van der Waals surface area contributed by atoms with Crippen LogP contribution in [0.15, 0.2) is 36.5 Å². The number of halogens is 3. The highest BCUT2D eigenvalue weighted by Gasteiger charge is 2.35. The van der Waals surface area contributed by atoms with Crippen LogP contribution in [0.4, 0.5) is 8.78 Å². The van der Waals surface area contributed by atoms with E-state index in [-0.39, 0.29) is 30.0 Å². The number of methoxy groups -OCH3 is 1. The summed E-state index contributed by atoms with van der Waals surface area (Å²) < 4.78 is 38.8. The maximum Gasteiger partial charge on any atom is 0.338 e. The fraction of sp³-hybridized carbons (Fsp3) is 0.444. The van der Waals surface area contributed by atoms with Crippen LogP contribution in [0.3, 0.4) is 0 Å². The summed E-state index contributed by atoms with van der Waals surface area (Å²) in [7, 11) is 1.34. The first kappa shape index (κ1) is 25.5. The van der Waals surface area contributed by atoms with Crippen LogP contribution in [0, 0.1) is 11.6 Å². The molecule has 1 aromatic heterocycles. The van der Waals surface area contributed by atoms with Crippen molar-refractivity contribution in [1.82, 2.24) is 9.88 Å². The summed E-state index contributed by atoms with van der Waals surface area (Å²) in [6, 6.07) is 8.18. The summed E-state index contributed by atoms with van der Waals surface area (Å²) in [5.41, 5.74) is 3.08. The van der Waals surface area contributed by atoms with Gasteiger partial charge in [-0.25, -0.2) is 13.6 Å². The molecule has 0 unspecified atom stereocenters. The molecular weight excluding hydrogens is 474 g/mol. The Bertz CT molecular complexity index is 1190. The number of aryl methyl sites for hydroxylation is 1. The van der Waals surface area contributed by atoms with Gasteiger partial charge in [-0.2, -0.15) is 0 Å². The van der Waals surface area contributed by atoms with Crippen LogP contribution in [-0.2, 0) is 17.6 Å². The molecule has 0 radical (unpaired) electrons. The predicted molar refractivity (Wildman–Crippen MR) is 134 cm³/mol. The molecule has 2 aliphatic rings. The predicted octanol–water partition coefficient (Wildman–Crippen LogP) is 5.84. The zero-order valence-electron chi connectivity index (χ0n) is 19.8. The summed E-state index contributed by atoms with van der Waals surface area (Å²) in [5.74, 6) is -0.943. The SMILES string of the molecule is COC(=O)c1ccc(F)c2c1C[C@H](N(CCCCc1c[nH]c3ccc(F)cc13)C1CCC1)CO2.Cl. The second-order valence-electron chi connectivity index (χ2n) is 9.35. The largest absolute Gasteiger partial charge is 0.489 e. The third-order valence-corrected chi connectivity index (χ3v) is 7.33. The van der Waals surface area contributed by atoms with Gasteiger partial charge in [0.05, 0.1) is 12.7 Å². The fourth-order valence-corrected chi connectivity index (χ4v) is 5.30. The quantitative estimate of drug-likeness (QED) is 0.309. The van der Waals surface area contributed by atoms with E-state index in [1.807, 2.05) is 6.20 Å². The molecule has 2 aromatic carbocycles. The molecule has 1 fully saturated rings. The molecule has 8 heteroatoms. The highest BCUT2D eigenvalue weighted by molar-refractivity contribution is 5.92. The van der Waals surface area contributed by atoms with E-state index in [0.29, 0.717) is 30.2 Å². The highest BCUT2D eigenvalue weighted by atomic mass is 35.5. The Balaban J connectivity index is 0.00000289. The van der Waals surface area contributed by atoms with Crippen molar-refractivity contribution in [2.45, 2.75) is 57.0 Å². The lowest BCUT2D eigenvalue weighted by atomic mass is 9.87. The van der Waals surface area contributed by atoms with Gasteiger partial charge in [-0.1, -0.05) is 6.42 Å². The Hall–Kier alpha value is -2.64. The number of carbonyl (C=O) groups excluding carboxylic acids is 1. The van der Waals surface area contributed by atoms with Gasteiger partial charge in [0.2, 0.25) is 0 Å². The average Bonchev–Trinajstić information content (AvgIpc) is 3.21. The van der Waals surface area contributed by atoms with Crippen LogP contribution in [0.1, 0.15) is 53.6 Å². The van der Waals surface area contributed by atoms with Crippen molar-refractivity contribution >= 4 is 29.3 Å². The number of nitrogens with zero attached hydrogens (tertiary/aromatic N) is 1. The normalized spacial score (nSPS) is 17.4. The number of rotatable bonds is 8. The number of hydrogen-bond acceptors (Lipinski definition) is 4. The second kappa shape index (κ2) is 11.0. The van der Waals surface area contributed by atoms with Gasteiger partial charge in [-0.15, -0.1) is 12.4 Å². The van der Waals surface area contributed by atoms with Gasteiger partial charge in [0, 0.05) is 34.7 Å². The van der Waals surface area contributed by atoms with E-state index in [0.717, 1.165) is 55.1 Å². The minimum Gasteiger partial charge on any atom is -0.489 e. The molecule has 5 nitrogen and oxygen atoms in total. The van der Waals surface area contributed by atoms with Gasteiger partial charge < -0.3 is 14.5 Å². The Kier molecular flexibility index (Phi) is 7.97. The maximum atomic E-state index is 14.4. The number of carbonyl (C=O) groups is 1. The van der Waals surface area contributed by atoms with Crippen LogP contribution in [0.5, 0.6) is 5.75 Å². The molecule has 0 spiro atoms. The van der Waals surface area contributed by atoms with Gasteiger partial charge in [-0.05, 0) is 81.0 Å². The zero-order chi connectivity index (χ0) is 23.7. The second-order valence-corrected chi connectivity index (χ2v) is 9.35. The van der Waals surface area contributed by atoms with Crippen LogP contribution < -0.4 is 4.74 Å². The number of aromatic nitrogens is 1. The fourth-order valence-electron chi connectivity index (χ4n) is 5.30. The topological polar surface area (TPSA) is 54.6 Å². The lowest BCUT2D eigenvalue weighted by Gasteiger charge is -2.44. The number of unbranched alkanes of at least 4 members (excludes halogenated alkanes) is 1. The third-order valence-electron chi connectivity index (χ3n) is 7.33. The smallest absolute Gasteiger partial charge is 0.338 e. The number of H-pyrrole nitrogens is 1. The van der Waals surface area contributed by atoms with Gasteiger partial charge in [0.25, 0.3) is 0 Å². The first-order valence-corrected chi connectivity index (χ1v) is 12.1. The maximum absolute atomic E-state index is 14.4. The number of ether oxygens (including phenoxy) is 2. The molecule has 188 valence electrons. The Morgan fingerprint density at radius 1 is 1.17 bits per heavy atom. The van der Waals surface area contributed by atoms with Crippen LogP contribution in [0.2, 0.25) is 0 Å². The highest BCUT2D eigenvalue weighted by Crippen LogP contribution is 2.36. The van der Waals surface area contributed by atoms with Gasteiger partial charge in [0.15, 0.2) is 11.6 Å². The molecule has 1 N–H and O–H groups in total. The van der Waals surface area contributed by atoms with Crippen molar-refractivity contribution in [3.63, 3.8) is 0 Å². The summed E-state index contributed by atoms with van der Waals surface area (Å²) >= 11 is 0. The number of esters is 1. The van der Waals surface area contributed by atoms with Crippen molar-refractivity contribution < 1.29 is 23.0 Å². The van der Waals surface area contributed by atoms with Crippen LogP contribution in [-0.4, -0.2) is 48.2 Å². The average molecular weight is 505 g/mol. The number of benzene rings is 2. The van der Waals surface area contributed by atoms with E-state index in [4.69, 9.17) is 9.47 Å². The lowest BCUT2D eigenvalue weighted by molar-refractivity contribution is 0.0408. The summed E-state index contributed by atoms with van der Waals surface area (Å²) in [6.07, 6.45) is 8.92. The molecule has 0 amide bonds. The molecule has 1 atom stereocenters. The number of hydrogen-bond donors (Lipinski definition) is 1. The van der Waals surface area contributed by atoms with Crippen molar-refractivity contribution in [1.29, 1.82) is 0 Å². The molecule has 1 saturated carbocycles. The van der Waals surface area contributed by atoms with Crippen molar-refractivity contribution in [3.8, 4) is 5.75 Å². The third kappa shape index (κ3) is 5.16. The monoisotopic (exact) mass is 504 g/mol. The minimum atomic E-state index is -0.467. The summed E-state index contributed by atoms with van der Waals surface area (Å²) in [4.78, 5) is 18.0. The van der Waals surface area contributed by atoms with E-state index in [1.54, 1.807) is 12.1 Å². The summed E-state index contributed by atoms with van der Waals surface area (Å²) in [5, 5.41) is 0.950. The number of aromatic amines is 1. The molecule has 1 aliphatic heterocycles. The molecule has 1 aliphatic carbocycles. The minimum absolute atomic E-state index is 0. The van der Waals surface area contributed by atoms with Gasteiger partial charge >= 0.3 is 5.97 Å². The van der Waals surface area contributed by atoms with Crippen LogP contribution >= 0.6 is 12.4 Å². The van der Waals surface area contributed by atoms with E-state index in [2.05, 4.69) is 9.88 Å². The molecule has 35 heavy (non-hydrogen) atoms. The molecule has 5 rings (SSSR count). The molecule has 2 heterocycles. The number of nitrogens with one attached hydrogen (secondary N) is 1. The van der Waals surface area contributed by atoms with Gasteiger partial charge in [-0.3, -0.25) is 4.90 Å². The van der Waals surface area contributed by atoms with Crippen LogP contribution in [0.25, 0.3) is 10.9 Å². The zero-order valence-corrected chi connectivity index (χ0v) is 20.6. The molecule has 0 saturated heterocycles. The number of fused-ring (bicyclic) bond motifs is 2. The lowest BCUT2D eigenvalue weighted by Crippen LogP contribution is -2.51. The Morgan fingerprint density at radius 2 is 2.00 bits per heavy atom. The Labute approximate surface area is 210 Å². The first-order chi connectivity index (χ1) is 16.5. The standard InChI is InChI=1S/C27H30F2N2O3.ClH/c1-33-27(32)21-9-10-24(29)26-23(21)14-20(16-34-26)31(19-6-4-7-19)12-3-2-5-17-15-30-25-11-8-18(28)13-22(17)25;/h8-11,13,15,19-20,30H,2-7,12,14,16H2,1H3;1H/t20-;/m0./s1. The molecule has 3 aromatic rings. The van der Waals surface area contributed by atoms with Crippen molar-refractivity contribution in [3.05, 3.63) is 64.9 Å². The van der Waals surface area contributed by atoms with Crippen molar-refractivity contribution in [2.24, 2.45) is 0 Å². The Morgan fingerprint density at radius 3 is 2.74 bits per heavy atom. The molecule has 0 bridgehead atoms. The summed E-state index contributed by atoms with van der Waals surface area (Å²) in [6.45, 7) is 1.32. The van der Waals surface area contributed by atoms with E-state index in [1.165, 1.54) is 31.7 Å².